The molecule has 2 aromatic carbocycles. The maximum Gasteiger partial charge on any atom is 0.0586 e. The number of likely N-dealkylation sites (tertiary alicyclic amines) is 2. The Hall–Kier alpha value is -1.72. The van der Waals surface area contributed by atoms with Crippen molar-refractivity contribution in [3.63, 3.8) is 0 Å². The molecule has 4 heteroatoms. The zero-order valence-electron chi connectivity index (χ0n) is 24.8. The highest BCUT2D eigenvalue weighted by Crippen LogP contribution is 2.28. The van der Waals surface area contributed by atoms with Crippen LogP contribution in [-0.2, 0) is 19.5 Å². The Balaban J connectivity index is 1.41. The normalized spacial score (nSPS) is 20.9. The first-order chi connectivity index (χ1) is 18.3. The lowest BCUT2D eigenvalue weighted by Crippen LogP contribution is -2.41. The minimum absolute atomic E-state index is 0.279. The maximum absolute atomic E-state index is 9.77. The summed E-state index contributed by atoms with van der Waals surface area (Å²) >= 11 is 0. The predicted octanol–water partition coefficient (Wildman–Crippen LogP) is 6.28. The van der Waals surface area contributed by atoms with Crippen molar-refractivity contribution in [2.75, 3.05) is 46.9 Å². The predicted molar refractivity (Wildman–Crippen MR) is 161 cm³/mol. The molecule has 1 N–H and O–H groups in total. The quantitative estimate of drug-likeness (QED) is 0.379. The SMILES string of the molecule is CC(C)c1ccc(CN2CCC(CN(C)C)CC2)c(CC(C)c2ccc(CN3CCCCC3CO)cc2)c1. The molecule has 2 heterocycles. The van der Waals surface area contributed by atoms with Crippen LogP contribution in [0.4, 0.5) is 0 Å². The third-order valence-electron chi connectivity index (χ3n) is 9.04. The molecule has 0 spiro atoms. The molecule has 2 saturated heterocycles. The van der Waals surface area contributed by atoms with E-state index in [0.717, 1.165) is 38.4 Å². The van der Waals surface area contributed by atoms with Crippen LogP contribution >= 0.6 is 0 Å². The van der Waals surface area contributed by atoms with Crippen LogP contribution < -0.4 is 0 Å². The molecular formula is C34H53N3O. The van der Waals surface area contributed by atoms with Crippen molar-refractivity contribution in [3.8, 4) is 0 Å². The molecule has 38 heavy (non-hydrogen) atoms. The van der Waals surface area contributed by atoms with Gasteiger partial charge in [0.1, 0.15) is 0 Å². The van der Waals surface area contributed by atoms with E-state index < -0.39 is 0 Å². The van der Waals surface area contributed by atoms with E-state index in [2.05, 4.69) is 92.0 Å². The molecule has 0 aliphatic carbocycles. The third-order valence-corrected chi connectivity index (χ3v) is 9.04. The van der Waals surface area contributed by atoms with Gasteiger partial charge in [0, 0.05) is 25.7 Å². The lowest BCUT2D eigenvalue weighted by Gasteiger charge is -2.34. The van der Waals surface area contributed by atoms with Gasteiger partial charge < -0.3 is 10.0 Å². The number of hydrogen-bond donors (Lipinski definition) is 1. The van der Waals surface area contributed by atoms with E-state index in [1.807, 2.05) is 0 Å². The van der Waals surface area contributed by atoms with Gasteiger partial charge in [-0.05, 0) is 111 Å². The molecular weight excluding hydrogens is 466 g/mol. The standard InChI is InChI=1S/C34H53N3O/c1-26(2)31-13-14-32(24-36-18-15-29(16-19-36)22-35(4)5)33(21-31)20-27(3)30-11-9-28(10-12-30)23-37-17-7-6-8-34(37)25-38/h9-14,21,26-27,29,34,38H,6-8,15-20,22-25H2,1-5H3. The minimum atomic E-state index is 0.279. The fourth-order valence-corrected chi connectivity index (χ4v) is 6.54. The number of rotatable bonds is 11. The molecule has 0 radical (unpaired) electrons. The van der Waals surface area contributed by atoms with Crippen LogP contribution in [0, 0.1) is 5.92 Å². The van der Waals surface area contributed by atoms with Gasteiger partial charge >= 0.3 is 0 Å². The molecule has 0 saturated carbocycles. The summed E-state index contributed by atoms with van der Waals surface area (Å²) in [6, 6.07) is 16.9. The molecule has 0 amide bonds. The molecule has 210 valence electrons. The monoisotopic (exact) mass is 519 g/mol. The van der Waals surface area contributed by atoms with Gasteiger partial charge in [-0.3, -0.25) is 9.80 Å². The summed E-state index contributed by atoms with van der Waals surface area (Å²) in [7, 11) is 4.40. The average Bonchev–Trinajstić information content (AvgIpc) is 2.91. The second-order valence-corrected chi connectivity index (χ2v) is 12.8. The van der Waals surface area contributed by atoms with E-state index in [1.54, 1.807) is 0 Å². The number of aliphatic hydroxyl groups excluding tert-OH is 1. The van der Waals surface area contributed by atoms with Crippen LogP contribution in [0.2, 0.25) is 0 Å². The van der Waals surface area contributed by atoms with E-state index in [0.29, 0.717) is 17.9 Å². The van der Waals surface area contributed by atoms with Gasteiger partial charge in [0.05, 0.1) is 6.61 Å². The van der Waals surface area contributed by atoms with Crippen molar-refractivity contribution in [3.05, 3.63) is 70.3 Å². The minimum Gasteiger partial charge on any atom is -0.395 e. The van der Waals surface area contributed by atoms with Crippen LogP contribution in [0.5, 0.6) is 0 Å². The lowest BCUT2D eigenvalue weighted by molar-refractivity contribution is 0.0841. The van der Waals surface area contributed by atoms with Crippen molar-refractivity contribution in [2.24, 2.45) is 5.92 Å². The van der Waals surface area contributed by atoms with E-state index in [4.69, 9.17) is 0 Å². The van der Waals surface area contributed by atoms with Gasteiger partial charge in [0.25, 0.3) is 0 Å². The highest BCUT2D eigenvalue weighted by molar-refractivity contribution is 5.36. The topological polar surface area (TPSA) is 30.0 Å². The summed E-state index contributed by atoms with van der Waals surface area (Å²) in [6.07, 6.45) is 7.33. The molecule has 2 aliphatic rings. The smallest absolute Gasteiger partial charge is 0.0586 e. The Labute approximate surface area is 233 Å². The van der Waals surface area contributed by atoms with E-state index in [9.17, 15) is 5.11 Å². The Morgan fingerprint density at radius 1 is 0.842 bits per heavy atom. The summed E-state index contributed by atoms with van der Waals surface area (Å²) in [5.74, 6) is 1.88. The maximum atomic E-state index is 9.77. The number of benzene rings is 2. The highest BCUT2D eigenvalue weighted by atomic mass is 16.3. The van der Waals surface area contributed by atoms with Gasteiger partial charge in [-0.1, -0.05) is 69.7 Å². The van der Waals surface area contributed by atoms with Crippen molar-refractivity contribution in [1.29, 1.82) is 0 Å². The second kappa shape index (κ2) is 14.1. The summed E-state index contributed by atoms with van der Waals surface area (Å²) in [5.41, 5.74) is 7.29. The third kappa shape index (κ3) is 8.14. The van der Waals surface area contributed by atoms with Gasteiger partial charge in [0.2, 0.25) is 0 Å². The van der Waals surface area contributed by atoms with E-state index in [1.165, 1.54) is 73.1 Å². The first kappa shape index (κ1) is 29.3. The molecule has 4 rings (SSSR count). The molecule has 2 aromatic rings. The molecule has 4 nitrogen and oxygen atoms in total. The Bertz CT molecular complexity index is 978. The lowest BCUT2D eigenvalue weighted by atomic mass is 9.88. The van der Waals surface area contributed by atoms with Crippen LogP contribution in [0.3, 0.4) is 0 Å². The summed E-state index contributed by atoms with van der Waals surface area (Å²) < 4.78 is 0. The number of nitrogens with zero attached hydrogens (tertiary/aromatic N) is 3. The Morgan fingerprint density at radius 3 is 2.21 bits per heavy atom. The zero-order valence-corrected chi connectivity index (χ0v) is 24.8. The van der Waals surface area contributed by atoms with E-state index >= 15 is 0 Å². The zero-order chi connectivity index (χ0) is 27.1. The number of aliphatic hydroxyl groups is 1. The van der Waals surface area contributed by atoms with Gasteiger partial charge in [-0.25, -0.2) is 0 Å². The summed E-state index contributed by atoms with van der Waals surface area (Å²) in [6.45, 7) is 14.1. The first-order valence-corrected chi connectivity index (χ1v) is 15.2. The van der Waals surface area contributed by atoms with E-state index in [-0.39, 0.29) is 6.61 Å². The number of hydrogen-bond acceptors (Lipinski definition) is 4. The van der Waals surface area contributed by atoms with Crippen molar-refractivity contribution in [1.82, 2.24) is 14.7 Å². The molecule has 0 aromatic heterocycles. The molecule has 2 fully saturated rings. The summed E-state index contributed by atoms with van der Waals surface area (Å²) in [4.78, 5) is 7.49. The molecule has 0 bridgehead atoms. The van der Waals surface area contributed by atoms with Gasteiger partial charge in [0.15, 0.2) is 0 Å². The Kier molecular flexibility index (Phi) is 10.8. The second-order valence-electron chi connectivity index (χ2n) is 12.8. The van der Waals surface area contributed by atoms with Crippen LogP contribution in [-0.4, -0.2) is 72.7 Å². The van der Waals surface area contributed by atoms with Crippen molar-refractivity contribution >= 4 is 0 Å². The Morgan fingerprint density at radius 2 is 1.55 bits per heavy atom. The van der Waals surface area contributed by atoms with Gasteiger partial charge in [-0.2, -0.15) is 0 Å². The van der Waals surface area contributed by atoms with Crippen molar-refractivity contribution in [2.45, 2.75) is 90.3 Å². The first-order valence-electron chi connectivity index (χ1n) is 15.2. The van der Waals surface area contributed by atoms with Crippen LogP contribution in [0.1, 0.15) is 92.5 Å². The van der Waals surface area contributed by atoms with Crippen LogP contribution in [0.15, 0.2) is 42.5 Å². The molecule has 2 aliphatic heterocycles. The number of piperidine rings is 2. The van der Waals surface area contributed by atoms with Crippen molar-refractivity contribution < 1.29 is 5.11 Å². The molecule has 2 unspecified atom stereocenters. The fourth-order valence-electron chi connectivity index (χ4n) is 6.54. The summed E-state index contributed by atoms with van der Waals surface area (Å²) in [5, 5.41) is 9.77. The van der Waals surface area contributed by atoms with Crippen LogP contribution in [0.25, 0.3) is 0 Å². The average molecular weight is 520 g/mol. The largest absolute Gasteiger partial charge is 0.395 e. The highest BCUT2D eigenvalue weighted by Gasteiger charge is 2.23. The van der Waals surface area contributed by atoms with Gasteiger partial charge in [-0.15, -0.1) is 0 Å². The molecule has 2 atom stereocenters. The fraction of sp³-hybridized carbons (Fsp3) is 0.647.